The third-order valence-electron chi connectivity index (χ3n) is 4.41. The number of hydrogen-bond donors (Lipinski definition) is 1. The largest absolute Gasteiger partial charge is 0.354 e. The van der Waals surface area contributed by atoms with Gasteiger partial charge in [-0.25, -0.2) is 0 Å². The van der Waals surface area contributed by atoms with E-state index in [1.807, 2.05) is 16.7 Å². The summed E-state index contributed by atoms with van der Waals surface area (Å²) in [6, 6.07) is 7.00. The van der Waals surface area contributed by atoms with Crippen LogP contribution in [0.15, 0.2) is 51.4 Å². The van der Waals surface area contributed by atoms with Crippen LogP contribution in [-0.2, 0) is 11.3 Å². The molecule has 0 radical (unpaired) electrons. The Morgan fingerprint density at radius 2 is 2.12 bits per heavy atom. The van der Waals surface area contributed by atoms with Crippen molar-refractivity contribution < 1.29 is 4.79 Å². The molecule has 1 aliphatic carbocycles. The normalized spacial score (nSPS) is 14.5. The average molecular weight is 389 g/mol. The summed E-state index contributed by atoms with van der Waals surface area (Å²) in [6.07, 6.45) is 9.80. The molecular formula is C19H21BrN2O2. The number of carbonyl (C=O) groups excluding carboxylic acids is 1. The molecule has 1 amide bonds. The van der Waals surface area contributed by atoms with E-state index in [2.05, 4.69) is 27.3 Å². The summed E-state index contributed by atoms with van der Waals surface area (Å²) >= 11 is 3.42. The van der Waals surface area contributed by atoms with Crippen molar-refractivity contribution in [2.45, 2.75) is 38.6 Å². The van der Waals surface area contributed by atoms with Crippen LogP contribution in [-0.4, -0.2) is 17.0 Å². The lowest BCUT2D eigenvalue weighted by molar-refractivity contribution is -0.121. The lowest BCUT2D eigenvalue weighted by atomic mass is 9.97. The van der Waals surface area contributed by atoms with Crippen molar-refractivity contribution in [1.29, 1.82) is 0 Å². The van der Waals surface area contributed by atoms with Gasteiger partial charge in [0.2, 0.25) is 5.91 Å². The van der Waals surface area contributed by atoms with E-state index < -0.39 is 0 Å². The van der Waals surface area contributed by atoms with Crippen molar-refractivity contribution in [3.8, 4) is 0 Å². The Kier molecular flexibility index (Phi) is 5.51. The number of nitrogens with one attached hydrogen (secondary N) is 1. The van der Waals surface area contributed by atoms with Gasteiger partial charge in [0.15, 0.2) is 5.43 Å². The molecule has 3 rings (SSSR count). The number of amides is 1. The molecule has 1 aromatic heterocycles. The van der Waals surface area contributed by atoms with Crippen LogP contribution >= 0.6 is 15.9 Å². The summed E-state index contributed by atoms with van der Waals surface area (Å²) in [6.45, 7) is 0.888. The van der Waals surface area contributed by atoms with E-state index in [0.29, 0.717) is 11.9 Å². The van der Waals surface area contributed by atoms with Gasteiger partial charge in [0.25, 0.3) is 0 Å². The Hall–Kier alpha value is -1.88. The third kappa shape index (κ3) is 4.15. The first-order valence-corrected chi connectivity index (χ1v) is 9.16. The van der Waals surface area contributed by atoms with Gasteiger partial charge in [-0.1, -0.05) is 27.6 Å². The van der Waals surface area contributed by atoms with Crippen molar-refractivity contribution in [2.75, 3.05) is 6.54 Å². The summed E-state index contributed by atoms with van der Waals surface area (Å²) in [7, 11) is 0. The minimum absolute atomic E-state index is 0.0293. The van der Waals surface area contributed by atoms with E-state index in [0.717, 1.165) is 22.8 Å². The maximum atomic E-state index is 12.2. The van der Waals surface area contributed by atoms with Crippen LogP contribution < -0.4 is 10.7 Å². The van der Waals surface area contributed by atoms with Crippen LogP contribution in [0.2, 0.25) is 0 Å². The number of nitrogens with zero attached hydrogens (tertiary/aromatic N) is 1. The molecule has 0 unspecified atom stereocenters. The molecule has 5 heteroatoms. The zero-order chi connectivity index (χ0) is 16.9. The monoisotopic (exact) mass is 388 g/mol. The molecule has 1 N–H and O–H groups in total. The summed E-state index contributed by atoms with van der Waals surface area (Å²) in [4.78, 5) is 24.2. The zero-order valence-electron chi connectivity index (χ0n) is 13.6. The maximum Gasteiger partial charge on any atom is 0.239 e. The second-order valence-electron chi connectivity index (χ2n) is 6.18. The smallest absolute Gasteiger partial charge is 0.239 e. The van der Waals surface area contributed by atoms with Crippen molar-refractivity contribution in [3.05, 3.63) is 56.8 Å². The summed E-state index contributed by atoms with van der Waals surface area (Å²) in [5.41, 5.74) is 2.19. The molecule has 0 fully saturated rings. The second kappa shape index (κ2) is 7.79. The molecule has 0 saturated carbocycles. The summed E-state index contributed by atoms with van der Waals surface area (Å²) < 4.78 is 2.70. The topological polar surface area (TPSA) is 51.1 Å². The molecule has 0 atom stereocenters. The van der Waals surface area contributed by atoms with E-state index in [1.54, 1.807) is 12.3 Å². The van der Waals surface area contributed by atoms with Crippen LogP contribution in [0.4, 0.5) is 0 Å². The second-order valence-corrected chi connectivity index (χ2v) is 7.09. The van der Waals surface area contributed by atoms with Gasteiger partial charge in [-0.05, 0) is 50.3 Å². The molecule has 24 heavy (non-hydrogen) atoms. The van der Waals surface area contributed by atoms with Gasteiger partial charge in [-0.2, -0.15) is 0 Å². The fourth-order valence-corrected chi connectivity index (χ4v) is 3.47. The third-order valence-corrected chi connectivity index (χ3v) is 4.90. The highest BCUT2D eigenvalue weighted by Gasteiger charge is 2.08. The highest BCUT2D eigenvalue weighted by Crippen LogP contribution is 2.19. The van der Waals surface area contributed by atoms with Gasteiger partial charge in [0.1, 0.15) is 6.54 Å². The predicted octanol–water partition coefficient (Wildman–Crippen LogP) is 3.77. The standard InChI is InChI=1S/C19H21BrN2O2/c20-15-6-7-16-17(12-15)22(11-9-18(16)23)13-19(24)21-10-8-14-4-2-1-3-5-14/h4,6-7,9,11-12H,1-3,5,8,10,13H2,(H,21,24). The SMILES string of the molecule is O=C(Cn1ccc(=O)c2ccc(Br)cc21)NCCC1=CCCCC1. The fourth-order valence-electron chi connectivity index (χ4n) is 3.12. The van der Waals surface area contributed by atoms with Crippen LogP contribution in [0.1, 0.15) is 32.1 Å². The predicted molar refractivity (Wildman–Crippen MR) is 100 cm³/mol. The number of benzene rings is 1. The van der Waals surface area contributed by atoms with Gasteiger partial charge < -0.3 is 9.88 Å². The summed E-state index contributed by atoms with van der Waals surface area (Å²) in [5, 5.41) is 3.61. The lowest BCUT2D eigenvalue weighted by Gasteiger charge is -2.14. The molecule has 0 spiro atoms. The van der Waals surface area contributed by atoms with Gasteiger partial charge >= 0.3 is 0 Å². The number of rotatable bonds is 5. The van der Waals surface area contributed by atoms with Gasteiger partial charge in [-0.3, -0.25) is 9.59 Å². The Morgan fingerprint density at radius 1 is 1.25 bits per heavy atom. The molecule has 0 saturated heterocycles. The van der Waals surface area contributed by atoms with Gasteiger partial charge in [0, 0.05) is 28.7 Å². The molecule has 1 aromatic carbocycles. The molecule has 0 bridgehead atoms. The minimum Gasteiger partial charge on any atom is -0.354 e. The number of allylic oxidation sites excluding steroid dienone is 1. The maximum absolute atomic E-state index is 12.2. The molecule has 1 aliphatic rings. The molecular weight excluding hydrogens is 368 g/mol. The summed E-state index contributed by atoms with van der Waals surface area (Å²) in [5.74, 6) is -0.0312. The minimum atomic E-state index is -0.0312. The number of carbonyl (C=O) groups is 1. The van der Waals surface area contributed by atoms with Crippen LogP contribution in [0.5, 0.6) is 0 Å². The van der Waals surface area contributed by atoms with E-state index >= 15 is 0 Å². The van der Waals surface area contributed by atoms with E-state index in [9.17, 15) is 9.59 Å². The van der Waals surface area contributed by atoms with Crippen molar-refractivity contribution >= 4 is 32.7 Å². The quantitative estimate of drug-likeness (QED) is 0.792. The first-order chi connectivity index (χ1) is 11.6. The Labute approximate surface area is 149 Å². The first kappa shape index (κ1) is 17.0. The highest BCUT2D eigenvalue weighted by molar-refractivity contribution is 9.10. The highest BCUT2D eigenvalue weighted by atomic mass is 79.9. The Morgan fingerprint density at radius 3 is 2.92 bits per heavy atom. The number of fused-ring (bicyclic) bond motifs is 1. The Bertz CT molecular complexity index is 839. The molecule has 1 heterocycles. The van der Waals surface area contributed by atoms with Crippen LogP contribution in [0, 0.1) is 0 Å². The molecule has 126 valence electrons. The average Bonchev–Trinajstić information content (AvgIpc) is 2.58. The van der Waals surface area contributed by atoms with Crippen molar-refractivity contribution in [2.24, 2.45) is 0 Å². The number of pyridine rings is 1. The number of hydrogen-bond acceptors (Lipinski definition) is 2. The zero-order valence-corrected chi connectivity index (χ0v) is 15.1. The van der Waals surface area contributed by atoms with Crippen molar-refractivity contribution in [3.63, 3.8) is 0 Å². The first-order valence-electron chi connectivity index (χ1n) is 8.37. The van der Waals surface area contributed by atoms with Crippen LogP contribution in [0.3, 0.4) is 0 Å². The molecule has 4 nitrogen and oxygen atoms in total. The van der Waals surface area contributed by atoms with E-state index in [1.165, 1.54) is 30.9 Å². The lowest BCUT2D eigenvalue weighted by Crippen LogP contribution is -2.29. The van der Waals surface area contributed by atoms with Crippen molar-refractivity contribution in [1.82, 2.24) is 9.88 Å². The Balaban J connectivity index is 1.65. The van der Waals surface area contributed by atoms with Gasteiger partial charge in [0.05, 0.1) is 5.52 Å². The number of halogens is 1. The van der Waals surface area contributed by atoms with Crippen LogP contribution in [0.25, 0.3) is 10.9 Å². The van der Waals surface area contributed by atoms with E-state index in [-0.39, 0.29) is 17.9 Å². The number of aromatic nitrogens is 1. The van der Waals surface area contributed by atoms with Gasteiger partial charge in [-0.15, -0.1) is 0 Å². The molecule has 2 aromatic rings. The van der Waals surface area contributed by atoms with E-state index in [4.69, 9.17) is 0 Å². The molecule has 0 aliphatic heterocycles. The fraction of sp³-hybridized carbons (Fsp3) is 0.368.